The van der Waals surface area contributed by atoms with Crippen LogP contribution in [0.4, 0.5) is 0 Å². The Hall–Kier alpha value is -0.330. The molecule has 1 nitrogen and oxygen atoms in total. The van der Waals surface area contributed by atoms with Crippen molar-refractivity contribution in [1.29, 1.82) is 5.41 Å². The minimum atomic E-state index is 0.247. The minimum Gasteiger partial charge on any atom is -0.313 e. The molecule has 0 aliphatic heterocycles. The van der Waals surface area contributed by atoms with E-state index in [2.05, 4.69) is 20.8 Å². The molecule has 0 saturated heterocycles. The van der Waals surface area contributed by atoms with Crippen LogP contribution in [0.2, 0.25) is 0 Å². The van der Waals surface area contributed by atoms with E-state index >= 15 is 0 Å². The van der Waals surface area contributed by atoms with Crippen LogP contribution in [0.1, 0.15) is 46.5 Å². The molecule has 1 rings (SSSR count). The normalized spacial score (nSPS) is 42.6. The Morgan fingerprint density at radius 3 is 2.17 bits per heavy atom. The van der Waals surface area contributed by atoms with Gasteiger partial charge in [0.1, 0.15) is 0 Å². The standard InChI is InChI=1S/C11H21N/c1-4-11(8-12)6-9(2)5-10(3)7-11/h8-10,12H,4-7H2,1-3H3. The third kappa shape index (κ3) is 1.88. The van der Waals surface area contributed by atoms with Gasteiger partial charge in [-0.1, -0.05) is 20.8 Å². The van der Waals surface area contributed by atoms with Crippen LogP contribution in [0, 0.1) is 22.7 Å². The summed E-state index contributed by atoms with van der Waals surface area (Å²) in [6.07, 6.45) is 6.68. The van der Waals surface area contributed by atoms with E-state index in [1.165, 1.54) is 19.3 Å². The quantitative estimate of drug-likeness (QED) is 0.609. The molecule has 2 unspecified atom stereocenters. The molecule has 0 amide bonds. The summed E-state index contributed by atoms with van der Waals surface area (Å²) in [4.78, 5) is 0. The maximum atomic E-state index is 7.50. The molecule has 1 saturated carbocycles. The van der Waals surface area contributed by atoms with Gasteiger partial charge in [-0.25, -0.2) is 0 Å². The van der Waals surface area contributed by atoms with Crippen LogP contribution in [0.5, 0.6) is 0 Å². The topological polar surface area (TPSA) is 23.9 Å². The van der Waals surface area contributed by atoms with Gasteiger partial charge >= 0.3 is 0 Å². The van der Waals surface area contributed by atoms with Gasteiger partial charge in [0.05, 0.1) is 0 Å². The molecule has 1 aliphatic rings. The molecule has 1 N–H and O–H groups in total. The van der Waals surface area contributed by atoms with Crippen molar-refractivity contribution in [2.75, 3.05) is 0 Å². The Morgan fingerprint density at radius 1 is 1.33 bits per heavy atom. The average Bonchev–Trinajstić information content (AvgIpc) is 2.02. The van der Waals surface area contributed by atoms with Crippen molar-refractivity contribution in [3.63, 3.8) is 0 Å². The smallest absolute Gasteiger partial charge is 0.00520 e. The summed E-state index contributed by atoms with van der Waals surface area (Å²) < 4.78 is 0. The van der Waals surface area contributed by atoms with Crippen LogP contribution in [0.25, 0.3) is 0 Å². The second kappa shape index (κ2) is 3.59. The summed E-state index contributed by atoms with van der Waals surface area (Å²) in [6.45, 7) is 6.86. The maximum absolute atomic E-state index is 7.50. The number of hydrogen-bond acceptors (Lipinski definition) is 1. The first-order valence-corrected chi connectivity index (χ1v) is 5.13. The van der Waals surface area contributed by atoms with E-state index in [4.69, 9.17) is 5.41 Å². The first-order valence-electron chi connectivity index (χ1n) is 5.13. The van der Waals surface area contributed by atoms with Gasteiger partial charge in [0, 0.05) is 11.6 Å². The summed E-state index contributed by atoms with van der Waals surface area (Å²) in [5, 5.41) is 7.50. The third-order valence-corrected chi connectivity index (χ3v) is 3.33. The fourth-order valence-corrected chi connectivity index (χ4v) is 2.83. The molecule has 0 bridgehead atoms. The summed E-state index contributed by atoms with van der Waals surface area (Å²) in [6, 6.07) is 0. The lowest BCUT2D eigenvalue weighted by Crippen LogP contribution is -2.32. The molecule has 0 aromatic carbocycles. The second-order valence-corrected chi connectivity index (χ2v) is 4.71. The van der Waals surface area contributed by atoms with E-state index in [0.717, 1.165) is 18.3 Å². The molecule has 0 spiro atoms. The van der Waals surface area contributed by atoms with Crippen LogP contribution in [0.15, 0.2) is 0 Å². The van der Waals surface area contributed by atoms with Gasteiger partial charge in [0.15, 0.2) is 0 Å². The number of nitrogens with one attached hydrogen (secondary N) is 1. The predicted molar refractivity (Wildman–Crippen MR) is 53.7 cm³/mol. The Morgan fingerprint density at radius 2 is 1.83 bits per heavy atom. The zero-order valence-electron chi connectivity index (χ0n) is 8.56. The zero-order chi connectivity index (χ0) is 9.19. The Kier molecular flexibility index (Phi) is 2.92. The lowest BCUT2D eigenvalue weighted by molar-refractivity contribution is 0.169. The summed E-state index contributed by atoms with van der Waals surface area (Å²) >= 11 is 0. The van der Waals surface area contributed by atoms with Crippen molar-refractivity contribution in [3.8, 4) is 0 Å². The van der Waals surface area contributed by atoms with Gasteiger partial charge < -0.3 is 5.41 Å². The zero-order valence-corrected chi connectivity index (χ0v) is 8.56. The van der Waals surface area contributed by atoms with Gasteiger partial charge in [0.25, 0.3) is 0 Å². The number of rotatable bonds is 2. The fourth-order valence-electron chi connectivity index (χ4n) is 2.83. The van der Waals surface area contributed by atoms with E-state index in [1.807, 2.05) is 0 Å². The SMILES string of the molecule is CCC1(C=N)CC(C)CC(C)C1. The molecule has 0 aromatic heterocycles. The molecular formula is C11H21N. The van der Waals surface area contributed by atoms with Crippen molar-refractivity contribution in [2.45, 2.75) is 46.5 Å². The molecule has 70 valence electrons. The van der Waals surface area contributed by atoms with Crippen molar-refractivity contribution >= 4 is 6.21 Å². The maximum Gasteiger partial charge on any atom is 0.00520 e. The monoisotopic (exact) mass is 167 g/mol. The molecular weight excluding hydrogens is 146 g/mol. The highest BCUT2D eigenvalue weighted by atomic mass is 14.5. The molecule has 1 aliphatic carbocycles. The van der Waals surface area contributed by atoms with Crippen molar-refractivity contribution in [1.82, 2.24) is 0 Å². The third-order valence-electron chi connectivity index (χ3n) is 3.33. The van der Waals surface area contributed by atoms with Crippen molar-refractivity contribution in [2.24, 2.45) is 17.3 Å². The lowest BCUT2D eigenvalue weighted by atomic mass is 9.66. The Balaban J connectivity index is 2.69. The van der Waals surface area contributed by atoms with Crippen LogP contribution >= 0.6 is 0 Å². The fraction of sp³-hybridized carbons (Fsp3) is 0.909. The Labute approximate surface area is 76.1 Å². The highest BCUT2D eigenvalue weighted by Gasteiger charge is 2.34. The summed E-state index contributed by atoms with van der Waals surface area (Å²) in [7, 11) is 0. The lowest BCUT2D eigenvalue weighted by Gasteiger charge is -2.39. The van der Waals surface area contributed by atoms with Crippen LogP contribution in [0.3, 0.4) is 0 Å². The predicted octanol–water partition coefficient (Wildman–Crippen LogP) is 3.49. The van der Waals surface area contributed by atoms with Crippen LogP contribution in [-0.4, -0.2) is 6.21 Å². The highest BCUT2D eigenvalue weighted by Crippen LogP contribution is 2.42. The summed E-state index contributed by atoms with van der Waals surface area (Å²) in [5.41, 5.74) is 0.247. The first-order chi connectivity index (χ1) is 5.62. The molecule has 12 heavy (non-hydrogen) atoms. The molecule has 0 radical (unpaired) electrons. The van der Waals surface area contributed by atoms with E-state index in [-0.39, 0.29) is 5.41 Å². The van der Waals surface area contributed by atoms with E-state index in [9.17, 15) is 0 Å². The van der Waals surface area contributed by atoms with Crippen LogP contribution in [-0.2, 0) is 0 Å². The van der Waals surface area contributed by atoms with E-state index < -0.39 is 0 Å². The van der Waals surface area contributed by atoms with Crippen LogP contribution < -0.4 is 0 Å². The Bertz CT molecular complexity index is 152. The molecule has 0 heterocycles. The van der Waals surface area contributed by atoms with Gasteiger partial charge in [-0.3, -0.25) is 0 Å². The second-order valence-electron chi connectivity index (χ2n) is 4.71. The molecule has 0 aromatic rings. The largest absolute Gasteiger partial charge is 0.313 e. The van der Waals surface area contributed by atoms with Gasteiger partial charge in [-0.05, 0) is 37.5 Å². The van der Waals surface area contributed by atoms with Gasteiger partial charge in [0.2, 0.25) is 0 Å². The average molecular weight is 167 g/mol. The highest BCUT2D eigenvalue weighted by molar-refractivity contribution is 5.62. The summed E-state index contributed by atoms with van der Waals surface area (Å²) in [5.74, 6) is 1.63. The van der Waals surface area contributed by atoms with Gasteiger partial charge in [-0.15, -0.1) is 0 Å². The molecule has 1 heteroatoms. The van der Waals surface area contributed by atoms with Gasteiger partial charge in [-0.2, -0.15) is 0 Å². The van der Waals surface area contributed by atoms with Crippen molar-refractivity contribution in [3.05, 3.63) is 0 Å². The molecule has 1 fully saturated rings. The van der Waals surface area contributed by atoms with E-state index in [1.54, 1.807) is 6.21 Å². The van der Waals surface area contributed by atoms with Crippen molar-refractivity contribution < 1.29 is 0 Å². The minimum absolute atomic E-state index is 0.247. The first kappa shape index (κ1) is 9.76. The molecule has 2 atom stereocenters. The van der Waals surface area contributed by atoms with E-state index in [0.29, 0.717) is 0 Å². The number of hydrogen-bond donors (Lipinski definition) is 1.